The van der Waals surface area contributed by atoms with Crippen LogP contribution in [0.15, 0.2) is 78.9 Å². The van der Waals surface area contributed by atoms with Gasteiger partial charge in [0, 0.05) is 18.2 Å². The van der Waals surface area contributed by atoms with Gasteiger partial charge in [0.2, 0.25) is 0 Å². The highest BCUT2D eigenvalue weighted by molar-refractivity contribution is 5.94. The SMILES string of the molecule is COc1ccc(-c2cc(C(=O)NCCc3ccccc3)n(-c3cccc(C)c3)n2)c(OC)c1. The summed E-state index contributed by atoms with van der Waals surface area (Å²) in [7, 11) is 3.21. The van der Waals surface area contributed by atoms with E-state index in [0.29, 0.717) is 29.4 Å². The molecule has 0 unspecified atom stereocenters. The van der Waals surface area contributed by atoms with Gasteiger partial charge in [0.15, 0.2) is 0 Å². The number of methoxy groups -OCH3 is 2. The van der Waals surface area contributed by atoms with Crippen LogP contribution in [-0.4, -0.2) is 36.5 Å². The molecule has 168 valence electrons. The van der Waals surface area contributed by atoms with E-state index in [-0.39, 0.29) is 5.91 Å². The van der Waals surface area contributed by atoms with Crippen molar-refractivity contribution < 1.29 is 14.3 Å². The molecule has 0 bridgehead atoms. The Bertz CT molecular complexity index is 1250. The third-order valence-electron chi connectivity index (χ3n) is 5.41. The van der Waals surface area contributed by atoms with E-state index in [0.717, 1.165) is 23.2 Å². The highest BCUT2D eigenvalue weighted by atomic mass is 16.5. The summed E-state index contributed by atoms with van der Waals surface area (Å²) < 4.78 is 12.6. The van der Waals surface area contributed by atoms with Gasteiger partial charge >= 0.3 is 0 Å². The van der Waals surface area contributed by atoms with Gasteiger partial charge in [0.25, 0.3) is 5.91 Å². The molecule has 6 nitrogen and oxygen atoms in total. The molecule has 0 saturated carbocycles. The van der Waals surface area contributed by atoms with Gasteiger partial charge in [-0.2, -0.15) is 5.10 Å². The number of ether oxygens (including phenoxy) is 2. The first kappa shape index (κ1) is 22.1. The molecule has 0 fully saturated rings. The highest BCUT2D eigenvalue weighted by Gasteiger charge is 2.20. The van der Waals surface area contributed by atoms with Crippen LogP contribution in [0.2, 0.25) is 0 Å². The zero-order valence-corrected chi connectivity index (χ0v) is 19.0. The van der Waals surface area contributed by atoms with E-state index in [1.165, 1.54) is 5.56 Å². The smallest absolute Gasteiger partial charge is 0.270 e. The second-order valence-electron chi connectivity index (χ2n) is 7.72. The van der Waals surface area contributed by atoms with Crippen molar-refractivity contribution in [1.82, 2.24) is 15.1 Å². The summed E-state index contributed by atoms with van der Waals surface area (Å²) in [6.45, 7) is 2.54. The predicted molar refractivity (Wildman–Crippen MR) is 129 cm³/mol. The van der Waals surface area contributed by atoms with E-state index >= 15 is 0 Å². The van der Waals surface area contributed by atoms with Crippen molar-refractivity contribution >= 4 is 5.91 Å². The van der Waals surface area contributed by atoms with Gasteiger partial charge in [0.05, 0.1) is 25.6 Å². The van der Waals surface area contributed by atoms with E-state index in [1.54, 1.807) is 31.0 Å². The standard InChI is InChI=1S/C27H27N3O3/c1-19-8-7-11-21(16-19)30-25(27(31)28-15-14-20-9-5-4-6-10-20)18-24(29-30)23-13-12-22(32-2)17-26(23)33-3/h4-13,16-18H,14-15H2,1-3H3,(H,28,31). The molecule has 3 aromatic carbocycles. The summed E-state index contributed by atoms with van der Waals surface area (Å²) in [4.78, 5) is 13.2. The number of nitrogens with zero attached hydrogens (tertiary/aromatic N) is 2. The van der Waals surface area contributed by atoms with Gasteiger partial charge in [-0.1, -0.05) is 42.5 Å². The average molecular weight is 442 g/mol. The first-order chi connectivity index (χ1) is 16.1. The lowest BCUT2D eigenvalue weighted by molar-refractivity contribution is 0.0946. The molecule has 4 aromatic rings. The van der Waals surface area contributed by atoms with Crippen molar-refractivity contribution in [1.29, 1.82) is 0 Å². The summed E-state index contributed by atoms with van der Waals surface area (Å²) in [5, 5.41) is 7.81. The number of hydrogen-bond acceptors (Lipinski definition) is 4. The molecule has 1 aromatic heterocycles. The zero-order chi connectivity index (χ0) is 23.2. The largest absolute Gasteiger partial charge is 0.497 e. The number of hydrogen-bond donors (Lipinski definition) is 1. The van der Waals surface area contributed by atoms with Crippen molar-refractivity contribution in [2.45, 2.75) is 13.3 Å². The minimum Gasteiger partial charge on any atom is -0.497 e. The number of nitrogens with one attached hydrogen (secondary N) is 1. The lowest BCUT2D eigenvalue weighted by Crippen LogP contribution is -2.27. The Morgan fingerprint density at radius 2 is 1.76 bits per heavy atom. The molecular weight excluding hydrogens is 414 g/mol. The van der Waals surface area contributed by atoms with E-state index in [9.17, 15) is 4.79 Å². The molecule has 1 amide bonds. The fourth-order valence-corrected chi connectivity index (χ4v) is 3.70. The molecule has 0 aliphatic rings. The van der Waals surface area contributed by atoms with Crippen LogP contribution >= 0.6 is 0 Å². The van der Waals surface area contributed by atoms with Crippen molar-refractivity contribution in [3.8, 4) is 28.4 Å². The lowest BCUT2D eigenvalue weighted by atomic mass is 10.1. The third kappa shape index (κ3) is 5.06. The maximum Gasteiger partial charge on any atom is 0.270 e. The minimum atomic E-state index is -0.182. The van der Waals surface area contributed by atoms with Gasteiger partial charge in [-0.25, -0.2) is 4.68 Å². The fraction of sp³-hybridized carbons (Fsp3) is 0.185. The van der Waals surface area contributed by atoms with Gasteiger partial charge in [-0.15, -0.1) is 0 Å². The van der Waals surface area contributed by atoms with E-state index in [4.69, 9.17) is 14.6 Å². The fourth-order valence-electron chi connectivity index (χ4n) is 3.70. The number of aromatic nitrogens is 2. The van der Waals surface area contributed by atoms with Gasteiger partial charge in [-0.05, 0) is 54.8 Å². The molecule has 0 aliphatic carbocycles. The predicted octanol–water partition coefficient (Wildman–Crippen LogP) is 4.84. The van der Waals surface area contributed by atoms with Crippen LogP contribution in [0.1, 0.15) is 21.6 Å². The van der Waals surface area contributed by atoms with Crippen LogP contribution < -0.4 is 14.8 Å². The van der Waals surface area contributed by atoms with Crippen molar-refractivity contribution in [3.05, 3.63) is 95.7 Å². The van der Waals surface area contributed by atoms with Crippen LogP contribution in [0.3, 0.4) is 0 Å². The average Bonchev–Trinajstić information content (AvgIpc) is 3.29. The van der Waals surface area contributed by atoms with Crippen LogP contribution in [-0.2, 0) is 6.42 Å². The van der Waals surface area contributed by atoms with Crippen LogP contribution in [0.5, 0.6) is 11.5 Å². The Balaban J connectivity index is 1.68. The summed E-state index contributed by atoms with van der Waals surface area (Å²) in [5.74, 6) is 1.13. The Hall–Kier alpha value is -4.06. The monoisotopic (exact) mass is 441 g/mol. The summed E-state index contributed by atoms with van der Waals surface area (Å²) in [6, 6.07) is 25.3. The molecule has 0 saturated heterocycles. The van der Waals surface area contributed by atoms with Gasteiger partial charge in [0.1, 0.15) is 17.2 Å². The maximum atomic E-state index is 13.2. The Morgan fingerprint density at radius 1 is 0.939 bits per heavy atom. The summed E-state index contributed by atoms with van der Waals surface area (Å²) in [6.07, 6.45) is 0.754. The van der Waals surface area contributed by atoms with E-state index < -0.39 is 0 Å². The molecule has 0 spiro atoms. The molecule has 0 atom stereocenters. The number of carbonyl (C=O) groups is 1. The molecular formula is C27H27N3O3. The molecule has 1 N–H and O–H groups in total. The number of benzene rings is 3. The molecule has 0 aliphatic heterocycles. The quantitative estimate of drug-likeness (QED) is 0.425. The van der Waals surface area contributed by atoms with Crippen LogP contribution in [0.25, 0.3) is 16.9 Å². The van der Waals surface area contributed by atoms with Crippen molar-refractivity contribution in [2.75, 3.05) is 20.8 Å². The molecule has 1 heterocycles. The summed E-state index contributed by atoms with van der Waals surface area (Å²) >= 11 is 0. The Morgan fingerprint density at radius 3 is 2.48 bits per heavy atom. The van der Waals surface area contributed by atoms with Gasteiger partial charge in [-0.3, -0.25) is 4.79 Å². The minimum absolute atomic E-state index is 0.182. The Kier molecular flexibility index (Phi) is 6.74. The van der Waals surface area contributed by atoms with Crippen LogP contribution in [0, 0.1) is 6.92 Å². The third-order valence-corrected chi connectivity index (χ3v) is 5.41. The van der Waals surface area contributed by atoms with E-state index in [2.05, 4.69) is 17.4 Å². The Labute approximate surface area is 193 Å². The first-order valence-electron chi connectivity index (χ1n) is 10.8. The zero-order valence-electron chi connectivity index (χ0n) is 19.0. The molecule has 0 radical (unpaired) electrons. The lowest BCUT2D eigenvalue weighted by Gasteiger charge is -2.09. The second-order valence-corrected chi connectivity index (χ2v) is 7.72. The first-order valence-corrected chi connectivity index (χ1v) is 10.8. The normalized spacial score (nSPS) is 10.6. The topological polar surface area (TPSA) is 65.4 Å². The van der Waals surface area contributed by atoms with E-state index in [1.807, 2.05) is 61.5 Å². The summed E-state index contributed by atoms with van der Waals surface area (Å²) in [5.41, 5.74) is 4.96. The number of aryl methyl sites for hydroxylation is 1. The maximum absolute atomic E-state index is 13.2. The second kappa shape index (κ2) is 10.0. The van der Waals surface area contributed by atoms with Gasteiger partial charge < -0.3 is 14.8 Å². The highest BCUT2D eigenvalue weighted by Crippen LogP contribution is 2.33. The van der Waals surface area contributed by atoms with Crippen LogP contribution in [0.4, 0.5) is 0 Å². The molecule has 4 rings (SSSR count). The number of carbonyl (C=O) groups excluding carboxylic acids is 1. The molecule has 6 heteroatoms. The van der Waals surface area contributed by atoms with Crippen molar-refractivity contribution in [3.63, 3.8) is 0 Å². The molecule has 33 heavy (non-hydrogen) atoms. The number of rotatable bonds is 8. The number of amides is 1. The van der Waals surface area contributed by atoms with Crippen molar-refractivity contribution in [2.24, 2.45) is 0 Å².